The molecular weight excluding hydrogens is 707 g/mol. The van der Waals surface area contributed by atoms with Gasteiger partial charge in [0.05, 0.1) is 20.0 Å². The van der Waals surface area contributed by atoms with Crippen LogP contribution in [0.15, 0.2) is 12.1 Å². The molecule has 1 atom stereocenters. The molecule has 11 heteroatoms. The molecule has 6 nitrogen and oxygen atoms in total. The van der Waals surface area contributed by atoms with Crippen molar-refractivity contribution in [2.45, 2.75) is 38.7 Å². The number of rotatable bonds is 8. The van der Waals surface area contributed by atoms with E-state index in [1.165, 1.54) is 13.8 Å². The maximum absolute atomic E-state index is 13.7. The van der Waals surface area contributed by atoms with Gasteiger partial charge in [-0.2, -0.15) is 8.78 Å². The molecule has 1 N–H and O–H groups in total. The number of benzene rings is 1. The summed E-state index contributed by atoms with van der Waals surface area (Å²) in [5.41, 5.74) is 0. The van der Waals surface area contributed by atoms with Gasteiger partial charge < -0.3 is 14.6 Å². The van der Waals surface area contributed by atoms with Gasteiger partial charge in [-0.05, 0) is 85.8 Å². The molecule has 0 spiro atoms. The first-order chi connectivity index (χ1) is 12.4. The Morgan fingerprint density at radius 2 is 1.56 bits per heavy atom. The van der Waals surface area contributed by atoms with E-state index in [0.717, 1.165) is 3.57 Å². The van der Waals surface area contributed by atoms with Gasteiger partial charge in [0.2, 0.25) is 0 Å². The zero-order chi connectivity index (χ0) is 20.9. The lowest BCUT2D eigenvalue weighted by atomic mass is 10.0. The molecule has 1 aromatic rings. The summed E-state index contributed by atoms with van der Waals surface area (Å²) in [6, 6.07) is 3.61. The first kappa shape index (κ1) is 24.7. The highest BCUT2D eigenvalue weighted by Gasteiger charge is 2.51. The van der Waals surface area contributed by atoms with Crippen LogP contribution in [0, 0.1) is 16.6 Å². The van der Waals surface area contributed by atoms with Gasteiger partial charge in [0, 0.05) is 3.57 Å². The Morgan fingerprint density at radius 1 is 1.07 bits per heavy atom. The lowest BCUT2D eigenvalue weighted by Crippen LogP contribution is -2.47. The quantitative estimate of drug-likeness (QED) is 0.242. The van der Waals surface area contributed by atoms with Gasteiger partial charge in [0.15, 0.2) is 11.9 Å². The van der Waals surface area contributed by atoms with Gasteiger partial charge in [-0.15, -0.1) is 0 Å². The smallest absolute Gasteiger partial charge is 0.378 e. The molecular formula is C16H15F2I3O6. The molecule has 1 rings (SSSR count). The third kappa shape index (κ3) is 7.21. The van der Waals surface area contributed by atoms with E-state index in [4.69, 9.17) is 9.84 Å². The Hall–Kier alpha value is -0.320. The fourth-order valence-corrected chi connectivity index (χ4v) is 5.75. The first-order valence-corrected chi connectivity index (χ1v) is 10.8. The zero-order valence-corrected chi connectivity index (χ0v) is 20.6. The number of aliphatic carboxylic acids is 1. The molecule has 27 heavy (non-hydrogen) atoms. The van der Waals surface area contributed by atoms with E-state index in [-0.39, 0.29) is 6.42 Å². The van der Waals surface area contributed by atoms with Crippen molar-refractivity contribution in [3.63, 3.8) is 0 Å². The normalized spacial score (nSPS) is 12.6. The molecule has 0 aliphatic rings. The van der Waals surface area contributed by atoms with Gasteiger partial charge in [0.1, 0.15) is 0 Å². The Balaban J connectivity index is 2.68. The van der Waals surface area contributed by atoms with Crippen LogP contribution in [0.25, 0.3) is 0 Å². The highest BCUT2D eigenvalue weighted by molar-refractivity contribution is 14.1. The van der Waals surface area contributed by atoms with Gasteiger partial charge in [-0.3, -0.25) is 9.59 Å². The minimum Gasteiger partial charge on any atom is -0.477 e. The molecule has 0 aliphatic carbocycles. The van der Waals surface area contributed by atoms with Crippen LogP contribution in [0.2, 0.25) is 0 Å². The summed E-state index contributed by atoms with van der Waals surface area (Å²) in [4.78, 5) is 34.4. The summed E-state index contributed by atoms with van der Waals surface area (Å²) >= 11 is 6.13. The number of alkyl halides is 2. The number of carboxylic acid groups (broad SMARTS) is 1. The van der Waals surface area contributed by atoms with Crippen molar-refractivity contribution < 1.29 is 37.7 Å². The largest absolute Gasteiger partial charge is 0.477 e. The van der Waals surface area contributed by atoms with Crippen molar-refractivity contribution in [3.05, 3.63) is 22.8 Å². The second-order valence-corrected chi connectivity index (χ2v) is 9.33. The molecule has 0 fully saturated rings. The van der Waals surface area contributed by atoms with E-state index in [0.29, 0.717) is 12.9 Å². The Bertz CT molecular complexity index is 716. The second-order valence-electron chi connectivity index (χ2n) is 5.76. The monoisotopic (exact) mass is 722 g/mol. The lowest BCUT2D eigenvalue weighted by molar-refractivity contribution is -0.199. The van der Waals surface area contributed by atoms with E-state index in [2.05, 4.69) is 27.3 Å². The SMILES string of the molecule is CC(C)C(OC(=O)CCC(=O)Oc1c(I)cc(I)cc1I)C(F)(F)C(=O)O. The number of halogens is 5. The second kappa shape index (κ2) is 10.5. The topological polar surface area (TPSA) is 89.9 Å². The Kier molecular flexibility index (Phi) is 9.57. The highest BCUT2D eigenvalue weighted by atomic mass is 127. The average molecular weight is 722 g/mol. The maximum Gasteiger partial charge on any atom is 0.378 e. The summed E-state index contributed by atoms with van der Waals surface area (Å²) in [6.45, 7) is 2.62. The van der Waals surface area contributed by atoms with Crippen LogP contribution < -0.4 is 4.74 Å². The molecule has 1 unspecified atom stereocenters. The lowest BCUT2D eigenvalue weighted by Gasteiger charge is -2.26. The van der Waals surface area contributed by atoms with Crippen LogP contribution in [-0.2, 0) is 19.1 Å². The van der Waals surface area contributed by atoms with E-state index in [1.54, 1.807) is 12.1 Å². The molecule has 0 saturated carbocycles. The summed E-state index contributed by atoms with van der Waals surface area (Å²) in [5, 5.41) is 8.61. The third-order valence-electron chi connectivity index (χ3n) is 3.22. The fourth-order valence-electron chi connectivity index (χ4n) is 1.95. The maximum atomic E-state index is 13.7. The van der Waals surface area contributed by atoms with Crippen molar-refractivity contribution in [3.8, 4) is 5.75 Å². The number of hydrogen-bond donors (Lipinski definition) is 1. The summed E-state index contributed by atoms with van der Waals surface area (Å²) in [7, 11) is 0. The minimum atomic E-state index is -4.22. The van der Waals surface area contributed by atoms with Crippen LogP contribution in [0.4, 0.5) is 8.78 Å². The predicted molar refractivity (Wildman–Crippen MR) is 117 cm³/mol. The van der Waals surface area contributed by atoms with E-state index < -0.39 is 42.3 Å². The fraction of sp³-hybridized carbons (Fsp3) is 0.438. The molecule has 0 heterocycles. The number of carbonyl (C=O) groups excluding carboxylic acids is 2. The standard InChI is InChI=1S/C16H15F2I3O6/c1-7(2)14(16(17,18)15(24)25)27-12(23)4-3-11(22)26-13-9(20)5-8(19)6-10(13)21/h5-7,14H,3-4H2,1-2H3,(H,24,25). The summed E-state index contributed by atoms with van der Waals surface area (Å²) < 4.78 is 39.6. The van der Waals surface area contributed by atoms with Crippen LogP contribution >= 0.6 is 67.8 Å². The molecule has 150 valence electrons. The van der Waals surface area contributed by atoms with Crippen molar-refractivity contribution in [1.29, 1.82) is 0 Å². The predicted octanol–water partition coefficient (Wildman–Crippen LogP) is 4.47. The van der Waals surface area contributed by atoms with E-state index in [9.17, 15) is 23.2 Å². The number of carboxylic acids is 1. The molecule has 0 radical (unpaired) electrons. The van der Waals surface area contributed by atoms with Gasteiger partial charge in [-0.1, -0.05) is 13.8 Å². The first-order valence-electron chi connectivity index (χ1n) is 7.52. The molecule has 0 aromatic heterocycles. The molecule has 0 saturated heterocycles. The Labute approximate surface area is 195 Å². The van der Waals surface area contributed by atoms with Crippen LogP contribution in [0.3, 0.4) is 0 Å². The number of esters is 2. The Morgan fingerprint density at radius 3 is 2.00 bits per heavy atom. The van der Waals surface area contributed by atoms with Crippen molar-refractivity contribution in [2.24, 2.45) is 5.92 Å². The average Bonchev–Trinajstić information content (AvgIpc) is 2.53. The van der Waals surface area contributed by atoms with Gasteiger partial charge in [0.25, 0.3) is 0 Å². The molecule has 0 bridgehead atoms. The minimum absolute atomic E-state index is 0.354. The van der Waals surface area contributed by atoms with Crippen LogP contribution in [-0.4, -0.2) is 35.0 Å². The van der Waals surface area contributed by atoms with Crippen molar-refractivity contribution >= 4 is 85.7 Å². The van der Waals surface area contributed by atoms with Gasteiger partial charge >= 0.3 is 23.8 Å². The summed E-state index contributed by atoms with van der Waals surface area (Å²) in [6.07, 6.45) is -3.02. The van der Waals surface area contributed by atoms with Gasteiger partial charge in [-0.25, -0.2) is 4.79 Å². The summed E-state index contributed by atoms with van der Waals surface area (Å²) in [5.74, 6) is -9.00. The van der Waals surface area contributed by atoms with E-state index >= 15 is 0 Å². The van der Waals surface area contributed by atoms with Crippen LogP contribution in [0.5, 0.6) is 5.75 Å². The molecule has 1 aromatic carbocycles. The zero-order valence-electron chi connectivity index (χ0n) is 14.1. The van der Waals surface area contributed by atoms with Crippen molar-refractivity contribution in [1.82, 2.24) is 0 Å². The molecule has 0 amide bonds. The van der Waals surface area contributed by atoms with Crippen molar-refractivity contribution in [2.75, 3.05) is 0 Å². The highest BCUT2D eigenvalue weighted by Crippen LogP contribution is 2.30. The molecule has 0 aliphatic heterocycles. The number of hydrogen-bond acceptors (Lipinski definition) is 5. The number of carbonyl (C=O) groups is 3. The van der Waals surface area contributed by atoms with Crippen LogP contribution in [0.1, 0.15) is 26.7 Å². The number of ether oxygens (including phenoxy) is 2. The third-order valence-corrected chi connectivity index (χ3v) is 5.44. The van der Waals surface area contributed by atoms with E-state index in [1.807, 2.05) is 45.2 Å².